The summed E-state index contributed by atoms with van der Waals surface area (Å²) in [7, 11) is 1.73. The molecule has 3 aromatic heterocycles. The predicted octanol–water partition coefficient (Wildman–Crippen LogP) is 4.96. The third-order valence-corrected chi connectivity index (χ3v) is 6.12. The summed E-state index contributed by atoms with van der Waals surface area (Å²) in [5.74, 6) is 0. The summed E-state index contributed by atoms with van der Waals surface area (Å²) in [6.07, 6.45) is 6.17. The summed E-state index contributed by atoms with van der Waals surface area (Å²) in [6.45, 7) is 0.590. The van der Waals surface area contributed by atoms with Gasteiger partial charge in [-0.1, -0.05) is 35.9 Å². The lowest BCUT2D eigenvalue weighted by Crippen LogP contribution is -2.17. The third kappa shape index (κ3) is 4.21. The molecule has 0 aliphatic heterocycles. The second-order valence-electron chi connectivity index (χ2n) is 8.18. The zero-order chi connectivity index (χ0) is 23.7. The number of imidazole rings is 1. The molecule has 6 nitrogen and oxygen atoms in total. The van der Waals surface area contributed by atoms with E-state index in [1.54, 1.807) is 23.9 Å². The maximum absolute atomic E-state index is 12.6. The van der Waals surface area contributed by atoms with E-state index in [2.05, 4.69) is 26.7 Å². The Balaban J connectivity index is 1.52. The van der Waals surface area contributed by atoms with Gasteiger partial charge in [0, 0.05) is 48.0 Å². The van der Waals surface area contributed by atoms with Crippen molar-refractivity contribution in [2.75, 3.05) is 0 Å². The van der Waals surface area contributed by atoms with Crippen LogP contribution in [0.4, 0.5) is 0 Å². The van der Waals surface area contributed by atoms with Gasteiger partial charge in [0.1, 0.15) is 5.65 Å². The Morgan fingerprint density at radius 1 is 1.03 bits per heavy atom. The van der Waals surface area contributed by atoms with Crippen LogP contribution in [0.3, 0.4) is 0 Å². The van der Waals surface area contributed by atoms with Crippen LogP contribution in [0.25, 0.3) is 22.2 Å². The Morgan fingerprint density at radius 2 is 1.85 bits per heavy atom. The molecule has 0 unspecified atom stereocenters. The number of hydrogen-bond acceptors (Lipinski definition) is 4. The van der Waals surface area contributed by atoms with Crippen LogP contribution < -0.4 is 5.56 Å². The molecule has 0 saturated carbocycles. The van der Waals surface area contributed by atoms with E-state index in [1.165, 1.54) is 0 Å². The third-order valence-electron chi connectivity index (χ3n) is 5.88. The molecule has 0 aliphatic rings. The van der Waals surface area contributed by atoms with Crippen molar-refractivity contribution in [2.24, 2.45) is 7.05 Å². The quantitative estimate of drug-likeness (QED) is 0.367. The molecule has 166 valence electrons. The minimum absolute atomic E-state index is 0.123. The van der Waals surface area contributed by atoms with E-state index < -0.39 is 0 Å². The highest BCUT2D eigenvalue weighted by molar-refractivity contribution is 6.30. The van der Waals surface area contributed by atoms with Crippen molar-refractivity contribution >= 4 is 22.6 Å². The first-order chi connectivity index (χ1) is 16.5. The molecule has 0 amide bonds. The molecule has 0 saturated heterocycles. The van der Waals surface area contributed by atoms with Gasteiger partial charge in [-0.05, 0) is 52.6 Å². The minimum Gasteiger partial charge on any atom is -0.330 e. The van der Waals surface area contributed by atoms with E-state index in [-0.39, 0.29) is 5.56 Å². The molecule has 0 spiro atoms. The van der Waals surface area contributed by atoms with E-state index in [0.717, 1.165) is 33.3 Å². The molecule has 0 N–H and O–H groups in total. The highest BCUT2D eigenvalue weighted by atomic mass is 35.5. The maximum atomic E-state index is 12.6. The Hall–Kier alpha value is -4.21. The van der Waals surface area contributed by atoms with Crippen molar-refractivity contribution in [3.8, 4) is 17.2 Å². The number of aryl methyl sites for hydroxylation is 1. The minimum atomic E-state index is -0.123. The smallest absolute Gasteiger partial charge is 0.252 e. The summed E-state index contributed by atoms with van der Waals surface area (Å²) >= 11 is 6.22. The standard InChI is InChI=1S/C27H20ClN5O/c1-32-26(34)12-24(21-3-2-4-22(28)11-21)25-10-20(14-31-27(25)32)16-33-17-30-15-23(33)9-18-5-7-19(13-29)8-6-18/h2-8,10-12,14-15,17H,9,16H2,1H3. The number of nitrogens with zero attached hydrogens (tertiary/aromatic N) is 5. The summed E-state index contributed by atoms with van der Waals surface area (Å²) in [5.41, 5.74) is 5.97. The monoisotopic (exact) mass is 465 g/mol. The number of pyridine rings is 2. The molecule has 0 fully saturated rings. The Bertz CT molecular complexity index is 1610. The van der Waals surface area contributed by atoms with Gasteiger partial charge in [-0.25, -0.2) is 9.97 Å². The van der Waals surface area contributed by atoms with Crippen molar-refractivity contribution in [3.05, 3.63) is 117 Å². The van der Waals surface area contributed by atoms with Crippen LogP contribution in [0.2, 0.25) is 5.02 Å². The Morgan fingerprint density at radius 3 is 2.62 bits per heavy atom. The lowest BCUT2D eigenvalue weighted by molar-refractivity contribution is 0.751. The van der Waals surface area contributed by atoms with Gasteiger partial charge in [-0.15, -0.1) is 0 Å². The average molecular weight is 466 g/mol. The molecule has 0 aliphatic carbocycles. The van der Waals surface area contributed by atoms with Crippen molar-refractivity contribution < 1.29 is 0 Å². The fourth-order valence-electron chi connectivity index (χ4n) is 4.09. The van der Waals surface area contributed by atoms with E-state index in [4.69, 9.17) is 16.9 Å². The topological polar surface area (TPSA) is 76.5 Å². The van der Waals surface area contributed by atoms with Crippen LogP contribution in [0.1, 0.15) is 22.4 Å². The highest BCUT2D eigenvalue weighted by Crippen LogP contribution is 2.29. The summed E-state index contributed by atoms with van der Waals surface area (Å²) in [5, 5.41) is 10.5. The van der Waals surface area contributed by atoms with Crippen LogP contribution in [0.5, 0.6) is 0 Å². The molecule has 0 bridgehead atoms. The molecular weight excluding hydrogens is 446 g/mol. The summed E-state index contributed by atoms with van der Waals surface area (Å²) < 4.78 is 3.64. The van der Waals surface area contributed by atoms with Crippen molar-refractivity contribution in [1.82, 2.24) is 19.1 Å². The molecule has 2 aromatic carbocycles. The maximum Gasteiger partial charge on any atom is 0.252 e. The highest BCUT2D eigenvalue weighted by Gasteiger charge is 2.12. The van der Waals surface area contributed by atoms with Crippen LogP contribution in [-0.2, 0) is 20.0 Å². The van der Waals surface area contributed by atoms with E-state index in [0.29, 0.717) is 29.2 Å². The van der Waals surface area contributed by atoms with Gasteiger partial charge < -0.3 is 4.57 Å². The van der Waals surface area contributed by atoms with Crippen LogP contribution in [-0.4, -0.2) is 19.1 Å². The van der Waals surface area contributed by atoms with Crippen LogP contribution in [0.15, 0.2) is 84.2 Å². The fourth-order valence-corrected chi connectivity index (χ4v) is 4.28. The normalized spacial score (nSPS) is 11.0. The molecule has 0 radical (unpaired) electrons. The van der Waals surface area contributed by atoms with Gasteiger partial charge in [0.05, 0.1) is 24.5 Å². The number of benzene rings is 2. The SMILES string of the molecule is Cn1c(=O)cc(-c2cccc(Cl)c2)c2cc(Cn3cncc3Cc3ccc(C#N)cc3)cnc21. The van der Waals surface area contributed by atoms with Crippen molar-refractivity contribution in [2.45, 2.75) is 13.0 Å². The van der Waals surface area contributed by atoms with Crippen molar-refractivity contribution in [1.29, 1.82) is 5.26 Å². The van der Waals surface area contributed by atoms with E-state index in [1.807, 2.05) is 61.1 Å². The number of rotatable bonds is 5. The van der Waals surface area contributed by atoms with Crippen LogP contribution >= 0.6 is 11.6 Å². The van der Waals surface area contributed by atoms with Gasteiger partial charge in [0.25, 0.3) is 5.56 Å². The molecule has 34 heavy (non-hydrogen) atoms. The number of nitriles is 1. The van der Waals surface area contributed by atoms with E-state index >= 15 is 0 Å². The lowest BCUT2D eigenvalue weighted by atomic mass is 10.0. The molecular formula is C27H20ClN5O. The second kappa shape index (κ2) is 8.97. The number of fused-ring (bicyclic) bond motifs is 1. The van der Waals surface area contributed by atoms with Gasteiger partial charge in [-0.3, -0.25) is 9.36 Å². The average Bonchev–Trinajstić information content (AvgIpc) is 3.28. The zero-order valence-electron chi connectivity index (χ0n) is 18.4. The Labute approximate surface area is 201 Å². The van der Waals surface area contributed by atoms with Gasteiger partial charge in [-0.2, -0.15) is 5.26 Å². The molecule has 5 aromatic rings. The summed E-state index contributed by atoms with van der Waals surface area (Å²) in [6, 6.07) is 20.9. The molecule has 0 atom stereocenters. The van der Waals surface area contributed by atoms with Gasteiger partial charge >= 0.3 is 0 Å². The van der Waals surface area contributed by atoms with Gasteiger partial charge in [0.15, 0.2) is 0 Å². The number of halogens is 1. The molecule has 5 rings (SSSR count). The summed E-state index contributed by atoms with van der Waals surface area (Å²) in [4.78, 5) is 21.5. The predicted molar refractivity (Wildman–Crippen MR) is 133 cm³/mol. The second-order valence-corrected chi connectivity index (χ2v) is 8.62. The van der Waals surface area contributed by atoms with Crippen LogP contribution in [0, 0.1) is 11.3 Å². The fraction of sp³-hybridized carbons (Fsp3) is 0.111. The van der Waals surface area contributed by atoms with E-state index in [9.17, 15) is 4.79 Å². The Kier molecular flexibility index (Phi) is 5.70. The molecule has 3 heterocycles. The van der Waals surface area contributed by atoms with Gasteiger partial charge in [0.2, 0.25) is 0 Å². The molecule has 7 heteroatoms. The lowest BCUT2D eigenvalue weighted by Gasteiger charge is -2.13. The number of hydrogen-bond donors (Lipinski definition) is 0. The number of aromatic nitrogens is 4. The first kappa shape index (κ1) is 21.6. The van der Waals surface area contributed by atoms with Crippen molar-refractivity contribution in [3.63, 3.8) is 0 Å². The zero-order valence-corrected chi connectivity index (χ0v) is 19.2. The largest absolute Gasteiger partial charge is 0.330 e. The first-order valence-corrected chi connectivity index (χ1v) is 11.1. The first-order valence-electron chi connectivity index (χ1n) is 10.7.